The van der Waals surface area contributed by atoms with E-state index in [0.717, 1.165) is 12.0 Å². The fourth-order valence-corrected chi connectivity index (χ4v) is 2.83. The molecule has 0 aromatic carbocycles. The van der Waals surface area contributed by atoms with Crippen molar-refractivity contribution >= 4 is 11.9 Å². The van der Waals surface area contributed by atoms with Crippen molar-refractivity contribution in [1.82, 2.24) is 0 Å². The maximum Gasteiger partial charge on any atom is 0.328 e. The van der Waals surface area contributed by atoms with Crippen molar-refractivity contribution in [2.75, 3.05) is 0 Å². The molecule has 1 rings (SSSR count). The first-order chi connectivity index (χ1) is 9.29. The predicted molar refractivity (Wildman–Crippen MR) is 74.1 cm³/mol. The molecule has 5 nitrogen and oxygen atoms in total. The van der Waals surface area contributed by atoms with Crippen molar-refractivity contribution < 1.29 is 24.5 Å². The van der Waals surface area contributed by atoms with Crippen LogP contribution in [0.4, 0.5) is 0 Å². The molecule has 1 aliphatic rings. The predicted octanol–water partition coefficient (Wildman–Crippen LogP) is 2.14. The van der Waals surface area contributed by atoms with Crippen LogP contribution in [0.5, 0.6) is 0 Å². The monoisotopic (exact) mass is 284 g/mol. The number of carboxylic acids is 1. The molecule has 1 saturated heterocycles. The molecule has 5 heteroatoms. The zero-order valence-corrected chi connectivity index (χ0v) is 12.3. The summed E-state index contributed by atoms with van der Waals surface area (Å²) in [6.07, 6.45) is 2.60. The van der Waals surface area contributed by atoms with Crippen LogP contribution >= 0.6 is 0 Å². The Labute approximate surface area is 119 Å². The first-order valence-corrected chi connectivity index (χ1v) is 7.07. The molecule has 0 bridgehead atoms. The molecule has 2 N–H and O–H groups in total. The molecule has 0 aromatic rings. The zero-order valence-electron chi connectivity index (χ0n) is 12.3. The number of esters is 1. The van der Waals surface area contributed by atoms with E-state index in [4.69, 9.17) is 9.84 Å². The Morgan fingerprint density at radius 3 is 2.65 bits per heavy atom. The molecular weight excluding hydrogens is 260 g/mol. The molecule has 114 valence electrons. The smallest absolute Gasteiger partial charge is 0.328 e. The molecule has 0 saturated carbocycles. The second-order valence-electron chi connectivity index (χ2n) is 5.91. The van der Waals surface area contributed by atoms with Crippen molar-refractivity contribution in [2.24, 2.45) is 11.8 Å². The van der Waals surface area contributed by atoms with Crippen LogP contribution in [0.1, 0.15) is 46.5 Å². The number of ether oxygens (including phenoxy) is 1. The number of allylic oxidation sites excluding steroid dienone is 1. The quantitative estimate of drug-likeness (QED) is 0.552. The summed E-state index contributed by atoms with van der Waals surface area (Å²) in [5.74, 6) is -0.888. The maximum absolute atomic E-state index is 11.1. The molecule has 0 radical (unpaired) electrons. The van der Waals surface area contributed by atoms with E-state index >= 15 is 0 Å². The number of rotatable bonds is 7. The highest BCUT2D eigenvalue weighted by atomic mass is 16.6. The minimum atomic E-state index is -0.930. The van der Waals surface area contributed by atoms with Crippen molar-refractivity contribution in [2.45, 2.75) is 58.7 Å². The zero-order chi connectivity index (χ0) is 15.3. The highest BCUT2D eigenvalue weighted by molar-refractivity contribution is 5.80. The van der Waals surface area contributed by atoms with Gasteiger partial charge in [0.15, 0.2) is 0 Å². The van der Waals surface area contributed by atoms with Gasteiger partial charge in [0, 0.05) is 12.5 Å². The van der Waals surface area contributed by atoms with Crippen molar-refractivity contribution in [3.05, 3.63) is 11.6 Å². The number of carbonyl (C=O) groups is 2. The van der Waals surface area contributed by atoms with Gasteiger partial charge in [-0.3, -0.25) is 4.79 Å². The third-order valence-corrected chi connectivity index (χ3v) is 3.69. The molecule has 20 heavy (non-hydrogen) atoms. The molecular formula is C15H24O5. The molecule has 1 aliphatic heterocycles. The van der Waals surface area contributed by atoms with Crippen LogP contribution in [0, 0.1) is 11.8 Å². The lowest BCUT2D eigenvalue weighted by molar-refractivity contribution is -0.146. The molecule has 1 heterocycles. The summed E-state index contributed by atoms with van der Waals surface area (Å²) in [6, 6.07) is 0. The Morgan fingerprint density at radius 1 is 1.50 bits per heavy atom. The Bertz CT molecular complexity index is 388. The summed E-state index contributed by atoms with van der Waals surface area (Å²) in [7, 11) is 0. The summed E-state index contributed by atoms with van der Waals surface area (Å²) in [5, 5.41) is 18.8. The van der Waals surface area contributed by atoms with Gasteiger partial charge in [0.1, 0.15) is 6.10 Å². The normalized spacial score (nSPS) is 24.1. The minimum Gasteiger partial charge on any atom is -0.478 e. The van der Waals surface area contributed by atoms with Gasteiger partial charge in [-0.2, -0.15) is 0 Å². The lowest BCUT2D eigenvalue weighted by atomic mass is 9.86. The Hall–Kier alpha value is -1.36. The topological polar surface area (TPSA) is 83.8 Å². The first-order valence-electron chi connectivity index (χ1n) is 7.07. The van der Waals surface area contributed by atoms with Crippen molar-refractivity contribution in [1.29, 1.82) is 0 Å². The van der Waals surface area contributed by atoms with E-state index in [-0.39, 0.29) is 23.9 Å². The van der Waals surface area contributed by atoms with Crippen LogP contribution in [0.15, 0.2) is 11.6 Å². The number of aliphatic hydroxyl groups is 1. The van der Waals surface area contributed by atoms with Crippen LogP contribution in [0.3, 0.4) is 0 Å². The number of carbonyl (C=O) groups excluding carboxylic acids is 1. The number of hydrogen-bond acceptors (Lipinski definition) is 4. The Kier molecular flexibility index (Phi) is 6.20. The molecule has 1 fully saturated rings. The van der Waals surface area contributed by atoms with Gasteiger partial charge in [0.05, 0.1) is 6.10 Å². The van der Waals surface area contributed by atoms with Gasteiger partial charge in [-0.25, -0.2) is 4.79 Å². The van der Waals surface area contributed by atoms with E-state index in [1.807, 2.05) is 13.8 Å². The van der Waals surface area contributed by atoms with Crippen molar-refractivity contribution in [3.63, 3.8) is 0 Å². The summed E-state index contributed by atoms with van der Waals surface area (Å²) >= 11 is 0. The molecule has 4 atom stereocenters. The van der Waals surface area contributed by atoms with Gasteiger partial charge in [-0.15, -0.1) is 0 Å². The fourth-order valence-electron chi connectivity index (χ4n) is 2.83. The SMILES string of the molecule is CC(=CC(=O)O)CC(C)CC(C)[C@H](O)[C@H]1CCC(=O)O1. The lowest BCUT2D eigenvalue weighted by Crippen LogP contribution is -2.32. The average Bonchev–Trinajstić information content (AvgIpc) is 2.73. The third-order valence-electron chi connectivity index (χ3n) is 3.69. The van der Waals surface area contributed by atoms with E-state index in [9.17, 15) is 14.7 Å². The van der Waals surface area contributed by atoms with E-state index < -0.39 is 12.1 Å². The largest absolute Gasteiger partial charge is 0.478 e. The molecule has 0 aromatic heterocycles. The van der Waals surface area contributed by atoms with E-state index in [0.29, 0.717) is 19.3 Å². The average molecular weight is 284 g/mol. The Balaban J connectivity index is 2.42. The summed E-state index contributed by atoms with van der Waals surface area (Å²) < 4.78 is 5.08. The standard InChI is InChI=1S/C15H24O5/c1-9(6-10(2)8-13(16)17)7-11(3)15(19)12-4-5-14(18)20-12/h8-9,11-12,15,19H,4-7H2,1-3H3,(H,16,17)/t9?,11?,12-,15+/m1/s1. The van der Waals surface area contributed by atoms with E-state index in [1.54, 1.807) is 6.92 Å². The van der Waals surface area contributed by atoms with Gasteiger partial charge >= 0.3 is 11.9 Å². The molecule has 2 unspecified atom stereocenters. The summed E-state index contributed by atoms with van der Waals surface area (Å²) in [6.45, 7) is 5.76. The molecule has 0 spiro atoms. The van der Waals surface area contributed by atoms with Gasteiger partial charge in [-0.1, -0.05) is 19.4 Å². The van der Waals surface area contributed by atoms with Gasteiger partial charge in [0.25, 0.3) is 0 Å². The number of carboxylic acid groups (broad SMARTS) is 1. The highest BCUT2D eigenvalue weighted by Crippen LogP contribution is 2.27. The van der Waals surface area contributed by atoms with Crippen molar-refractivity contribution in [3.8, 4) is 0 Å². The lowest BCUT2D eigenvalue weighted by Gasteiger charge is -2.25. The van der Waals surface area contributed by atoms with Crippen LogP contribution in [0.25, 0.3) is 0 Å². The highest BCUT2D eigenvalue weighted by Gasteiger charge is 2.33. The van der Waals surface area contributed by atoms with E-state index in [1.165, 1.54) is 6.08 Å². The van der Waals surface area contributed by atoms with Crippen LogP contribution in [-0.4, -0.2) is 34.4 Å². The summed E-state index contributed by atoms with van der Waals surface area (Å²) in [4.78, 5) is 21.6. The van der Waals surface area contributed by atoms with E-state index in [2.05, 4.69) is 0 Å². The number of hydrogen-bond donors (Lipinski definition) is 2. The number of aliphatic hydroxyl groups excluding tert-OH is 1. The maximum atomic E-state index is 11.1. The molecule has 0 amide bonds. The van der Waals surface area contributed by atoms with Crippen LogP contribution in [-0.2, 0) is 14.3 Å². The number of cyclic esters (lactones) is 1. The molecule has 0 aliphatic carbocycles. The first kappa shape index (κ1) is 16.7. The van der Waals surface area contributed by atoms with Gasteiger partial charge in [0.2, 0.25) is 0 Å². The second-order valence-corrected chi connectivity index (χ2v) is 5.91. The summed E-state index contributed by atoms with van der Waals surface area (Å²) in [5.41, 5.74) is 0.819. The third kappa shape index (κ3) is 5.33. The fraction of sp³-hybridized carbons (Fsp3) is 0.733. The Morgan fingerprint density at radius 2 is 2.15 bits per heavy atom. The number of aliphatic carboxylic acids is 1. The van der Waals surface area contributed by atoms with Gasteiger partial charge < -0.3 is 14.9 Å². The van der Waals surface area contributed by atoms with Crippen LogP contribution < -0.4 is 0 Å². The second kappa shape index (κ2) is 7.43. The van der Waals surface area contributed by atoms with Crippen LogP contribution in [0.2, 0.25) is 0 Å². The van der Waals surface area contributed by atoms with Gasteiger partial charge in [-0.05, 0) is 38.0 Å². The minimum absolute atomic E-state index is 0.0125.